The first-order valence-electron chi connectivity index (χ1n) is 11.3. The molecule has 176 valence electrons. The Balaban J connectivity index is 1.78. The van der Waals surface area contributed by atoms with Crippen molar-refractivity contribution in [2.24, 2.45) is 0 Å². The van der Waals surface area contributed by atoms with Crippen LogP contribution in [0.4, 0.5) is 5.69 Å². The molecule has 2 N–H and O–H groups in total. The molecular weight excluding hydrogens is 420 g/mol. The Morgan fingerprint density at radius 3 is 2.45 bits per heavy atom. The number of nitrogens with zero attached hydrogens (tertiary/aromatic N) is 1. The van der Waals surface area contributed by atoms with E-state index < -0.39 is 29.6 Å². The van der Waals surface area contributed by atoms with Crippen LogP contribution < -0.4 is 10.2 Å². The van der Waals surface area contributed by atoms with Crippen LogP contribution in [0.25, 0.3) is 0 Å². The fraction of sp³-hybridized carbons (Fsp3) is 0.423. The van der Waals surface area contributed by atoms with E-state index in [2.05, 4.69) is 5.32 Å². The fourth-order valence-corrected chi connectivity index (χ4v) is 4.01. The molecule has 0 spiro atoms. The first kappa shape index (κ1) is 24.5. The highest BCUT2D eigenvalue weighted by Crippen LogP contribution is 2.27. The van der Waals surface area contributed by atoms with Crippen molar-refractivity contribution in [1.82, 2.24) is 5.32 Å². The zero-order chi connectivity index (χ0) is 24.0. The Morgan fingerprint density at radius 2 is 1.79 bits per heavy atom. The van der Waals surface area contributed by atoms with E-state index >= 15 is 0 Å². The van der Waals surface area contributed by atoms with Crippen molar-refractivity contribution in [3.8, 4) is 0 Å². The van der Waals surface area contributed by atoms with Crippen molar-refractivity contribution in [2.45, 2.75) is 64.1 Å². The van der Waals surface area contributed by atoms with E-state index in [0.717, 1.165) is 11.1 Å². The lowest BCUT2D eigenvalue weighted by Gasteiger charge is -2.28. The predicted octanol–water partition coefficient (Wildman–Crippen LogP) is 3.35. The molecule has 1 aliphatic heterocycles. The molecule has 2 atom stereocenters. The van der Waals surface area contributed by atoms with Crippen LogP contribution in [-0.2, 0) is 32.0 Å². The summed E-state index contributed by atoms with van der Waals surface area (Å²) in [7, 11) is 0. The predicted molar refractivity (Wildman–Crippen MR) is 126 cm³/mol. The quantitative estimate of drug-likeness (QED) is 0.597. The molecule has 7 heteroatoms. The normalized spacial score (nSPS) is 17.1. The number of ether oxygens (including phenoxy) is 1. The van der Waals surface area contributed by atoms with Crippen molar-refractivity contribution in [3.05, 3.63) is 65.7 Å². The van der Waals surface area contributed by atoms with Gasteiger partial charge in [-0.3, -0.25) is 24.6 Å². The van der Waals surface area contributed by atoms with E-state index in [1.165, 1.54) is 4.90 Å². The van der Waals surface area contributed by atoms with Crippen LogP contribution in [0, 0.1) is 0 Å². The number of hydrogen-bond acceptors (Lipinski definition) is 5. The highest BCUT2D eigenvalue weighted by molar-refractivity contribution is 6.02. The minimum atomic E-state index is -1.00. The topological polar surface area (TPSA) is 95.9 Å². The van der Waals surface area contributed by atoms with Gasteiger partial charge in [0.25, 0.3) is 0 Å². The van der Waals surface area contributed by atoms with Crippen LogP contribution in [0.3, 0.4) is 0 Å². The number of esters is 1. The van der Waals surface area contributed by atoms with Gasteiger partial charge in [0.15, 0.2) is 0 Å². The van der Waals surface area contributed by atoms with E-state index in [4.69, 9.17) is 4.74 Å². The number of para-hydroxylation sites is 1. The lowest BCUT2D eigenvalue weighted by atomic mass is 10.0. The van der Waals surface area contributed by atoms with Crippen LogP contribution in [0.2, 0.25) is 0 Å². The Hall–Kier alpha value is -3.19. The second-order valence-corrected chi connectivity index (χ2v) is 9.31. The van der Waals surface area contributed by atoms with Crippen LogP contribution >= 0.6 is 0 Å². The van der Waals surface area contributed by atoms with Gasteiger partial charge < -0.3 is 9.84 Å². The Morgan fingerprint density at radius 1 is 1.12 bits per heavy atom. The maximum absolute atomic E-state index is 13.5. The maximum Gasteiger partial charge on any atom is 0.326 e. The molecule has 0 bridgehead atoms. The highest BCUT2D eigenvalue weighted by atomic mass is 16.6. The Kier molecular flexibility index (Phi) is 7.87. The molecule has 2 aromatic rings. The number of rotatable bonds is 8. The molecule has 0 fully saturated rings. The van der Waals surface area contributed by atoms with Gasteiger partial charge in [0, 0.05) is 5.69 Å². The van der Waals surface area contributed by atoms with E-state index in [9.17, 15) is 19.5 Å². The van der Waals surface area contributed by atoms with Gasteiger partial charge in [0.05, 0.1) is 6.04 Å². The molecule has 3 rings (SSSR count). The third-order valence-electron chi connectivity index (χ3n) is 5.52. The van der Waals surface area contributed by atoms with Gasteiger partial charge in [0.1, 0.15) is 18.2 Å². The summed E-state index contributed by atoms with van der Waals surface area (Å²) < 4.78 is 5.44. The lowest BCUT2D eigenvalue weighted by molar-refractivity contribution is -0.153. The Labute approximate surface area is 194 Å². The summed E-state index contributed by atoms with van der Waals surface area (Å²) in [5.41, 5.74) is 1.97. The number of carbonyl (C=O) groups excluding carboxylic acids is 2. The second kappa shape index (κ2) is 10.6. The molecule has 0 aromatic heterocycles. The molecular formula is C26H32N2O5. The van der Waals surface area contributed by atoms with E-state index in [1.54, 1.807) is 20.8 Å². The first-order chi connectivity index (χ1) is 15.6. The summed E-state index contributed by atoms with van der Waals surface area (Å²) in [6.07, 6.45) is 1.96. The first-order valence-corrected chi connectivity index (χ1v) is 11.3. The van der Waals surface area contributed by atoms with Crippen LogP contribution in [0.5, 0.6) is 0 Å². The molecule has 0 saturated heterocycles. The van der Waals surface area contributed by atoms with Gasteiger partial charge in [0.2, 0.25) is 5.91 Å². The van der Waals surface area contributed by atoms with Crippen molar-refractivity contribution < 1.29 is 24.2 Å². The molecule has 1 aliphatic rings. The third kappa shape index (κ3) is 6.89. The van der Waals surface area contributed by atoms with Crippen molar-refractivity contribution in [3.63, 3.8) is 0 Å². The summed E-state index contributed by atoms with van der Waals surface area (Å²) in [4.78, 5) is 39.4. The molecule has 33 heavy (non-hydrogen) atoms. The molecule has 2 unspecified atom stereocenters. The zero-order valence-corrected chi connectivity index (χ0v) is 19.4. The number of aliphatic carboxylic acids is 1. The molecule has 2 aromatic carbocycles. The average Bonchev–Trinajstić information content (AvgIpc) is 2.88. The number of amides is 1. The van der Waals surface area contributed by atoms with Crippen LogP contribution in [0.15, 0.2) is 54.6 Å². The van der Waals surface area contributed by atoms with Crippen LogP contribution in [0.1, 0.15) is 44.7 Å². The summed E-state index contributed by atoms with van der Waals surface area (Å²) in [6.45, 7) is 5.10. The molecule has 0 radical (unpaired) electrons. The lowest BCUT2D eigenvalue weighted by Crippen LogP contribution is -2.53. The Bertz CT molecular complexity index is 984. The minimum absolute atomic E-state index is 0.229. The summed E-state index contributed by atoms with van der Waals surface area (Å²) in [6, 6.07) is 15.5. The number of carbonyl (C=O) groups is 3. The largest absolute Gasteiger partial charge is 0.480 e. The molecule has 0 aliphatic carbocycles. The summed E-state index contributed by atoms with van der Waals surface area (Å²) in [5, 5.41) is 12.8. The van der Waals surface area contributed by atoms with Crippen molar-refractivity contribution >= 4 is 23.5 Å². The summed E-state index contributed by atoms with van der Waals surface area (Å²) in [5.74, 6) is -1.83. The molecule has 1 heterocycles. The van der Waals surface area contributed by atoms with Gasteiger partial charge in [-0.2, -0.15) is 0 Å². The van der Waals surface area contributed by atoms with Gasteiger partial charge in [-0.05, 0) is 63.6 Å². The van der Waals surface area contributed by atoms with Gasteiger partial charge in [-0.15, -0.1) is 0 Å². The molecule has 7 nitrogen and oxygen atoms in total. The van der Waals surface area contributed by atoms with Crippen LogP contribution in [-0.4, -0.2) is 47.2 Å². The minimum Gasteiger partial charge on any atom is -0.480 e. The zero-order valence-electron chi connectivity index (χ0n) is 19.4. The highest BCUT2D eigenvalue weighted by Gasteiger charge is 2.34. The number of benzene rings is 2. The smallest absolute Gasteiger partial charge is 0.326 e. The van der Waals surface area contributed by atoms with Gasteiger partial charge in [-0.25, -0.2) is 0 Å². The number of anilines is 1. The monoisotopic (exact) mass is 452 g/mol. The number of hydrogen-bond donors (Lipinski definition) is 2. The SMILES string of the molecule is CC(C)(C)OC(=O)CN1C(=O)C(NC(CCc2ccccc2)C(=O)O)CCc2ccccc21. The van der Waals surface area contributed by atoms with Gasteiger partial charge >= 0.3 is 11.9 Å². The second-order valence-electron chi connectivity index (χ2n) is 9.31. The van der Waals surface area contributed by atoms with Crippen molar-refractivity contribution in [1.29, 1.82) is 0 Å². The number of fused-ring (bicyclic) bond motifs is 1. The third-order valence-corrected chi connectivity index (χ3v) is 5.52. The van der Waals surface area contributed by atoms with Gasteiger partial charge in [-0.1, -0.05) is 48.5 Å². The van der Waals surface area contributed by atoms with E-state index in [-0.39, 0.29) is 12.5 Å². The number of carboxylic acid groups (broad SMARTS) is 1. The molecule has 1 amide bonds. The number of aryl methyl sites for hydroxylation is 2. The number of carboxylic acids is 1. The maximum atomic E-state index is 13.5. The molecule has 0 saturated carbocycles. The fourth-order valence-electron chi connectivity index (χ4n) is 4.01. The number of nitrogens with one attached hydrogen (secondary N) is 1. The van der Waals surface area contributed by atoms with E-state index in [1.807, 2.05) is 54.6 Å². The van der Waals surface area contributed by atoms with E-state index in [0.29, 0.717) is 31.4 Å². The summed E-state index contributed by atoms with van der Waals surface area (Å²) >= 11 is 0. The standard InChI is InChI=1S/C26H32N2O5/c1-26(2,3)33-23(29)17-28-22-12-8-7-11-19(22)14-16-20(24(28)30)27-21(25(31)32)15-13-18-9-5-4-6-10-18/h4-12,20-21,27H,13-17H2,1-3H3,(H,31,32). The van der Waals surface area contributed by atoms with Crippen molar-refractivity contribution in [2.75, 3.05) is 11.4 Å². The average molecular weight is 453 g/mol.